The van der Waals surface area contributed by atoms with Gasteiger partial charge in [0.05, 0.1) is 42.2 Å². The molecule has 210 valence electrons. The smallest absolute Gasteiger partial charge is 0.249 e. The molecule has 13 heteroatoms. The first-order chi connectivity index (χ1) is 20.4. The van der Waals surface area contributed by atoms with Gasteiger partial charge in [-0.2, -0.15) is 0 Å². The molecule has 42 heavy (non-hydrogen) atoms. The van der Waals surface area contributed by atoms with Crippen LogP contribution in [0.25, 0.3) is 32.6 Å². The monoisotopic (exact) mass is 580 g/mol. The second-order valence-corrected chi connectivity index (χ2v) is 9.54. The number of fused-ring (bicyclic) bond motifs is 1. The van der Waals surface area contributed by atoms with Crippen molar-refractivity contribution >= 4 is 51.2 Å². The molecule has 4 aromatic carbocycles. The number of carbonyl (C=O) groups excluding carboxylic acids is 1. The van der Waals surface area contributed by atoms with E-state index in [1.165, 1.54) is 26.4 Å². The lowest BCUT2D eigenvalue weighted by Gasteiger charge is -2.27. The summed E-state index contributed by atoms with van der Waals surface area (Å²) in [6.07, 6.45) is 0. The van der Waals surface area contributed by atoms with Crippen LogP contribution in [0, 0.1) is 0 Å². The molecule has 1 amide bonds. The van der Waals surface area contributed by atoms with Crippen LogP contribution in [0.1, 0.15) is 10.4 Å². The molecule has 5 rings (SSSR count). The van der Waals surface area contributed by atoms with Crippen molar-refractivity contribution < 1.29 is 23.0 Å². The predicted molar refractivity (Wildman–Crippen MR) is 159 cm³/mol. The van der Waals surface area contributed by atoms with Gasteiger partial charge in [-0.1, -0.05) is 48.5 Å². The molecule has 1 aromatic heterocycles. The molecule has 1 atom stereocenters. The van der Waals surface area contributed by atoms with Crippen molar-refractivity contribution in [3.8, 4) is 22.6 Å². The summed E-state index contributed by atoms with van der Waals surface area (Å²) in [5.41, 5.74) is 12.0. The van der Waals surface area contributed by atoms with Crippen LogP contribution in [0.3, 0.4) is 0 Å². The van der Waals surface area contributed by atoms with E-state index in [2.05, 4.69) is 20.3 Å². The highest BCUT2D eigenvalue weighted by Crippen LogP contribution is 2.37. The van der Waals surface area contributed by atoms with Crippen LogP contribution >= 0.6 is 0 Å². The van der Waals surface area contributed by atoms with E-state index >= 15 is 0 Å². The molecule has 0 spiro atoms. The molecule has 1 N–H and O–H groups in total. The number of benzene rings is 4. The number of carbonyl (C=O) groups is 1. The summed E-state index contributed by atoms with van der Waals surface area (Å²) in [5.74, 6) is 0.567. The SMILES string of the molecule is COc1cc(Nc2nc3ccccc3nc2N(c2cccc(-c3ccc(C(=O)N=[N+]=[N-])cc3)c2)S(=O)[O-])cc(OC)c1. The lowest BCUT2D eigenvalue weighted by Crippen LogP contribution is -2.22. The van der Waals surface area contributed by atoms with Gasteiger partial charge in [0, 0.05) is 34.4 Å². The van der Waals surface area contributed by atoms with E-state index in [1.54, 1.807) is 72.8 Å². The minimum atomic E-state index is -2.81. The minimum absolute atomic E-state index is 0.0382. The van der Waals surface area contributed by atoms with E-state index in [4.69, 9.17) is 20.0 Å². The molecule has 5 aromatic rings. The number of hydrogen-bond acceptors (Lipinski definition) is 8. The summed E-state index contributed by atoms with van der Waals surface area (Å²) in [6, 6.07) is 25.5. The number of aromatic nitrogens is 2. The largest absolute Gasteiger partial charge is 0.755 e. The van der Waals surface area contributed by atoms with Crippen LogP contribution in [-0.2, 0) is 11.3 Å². The van der Waals surface area contributed by atoms with Crippen LogP contribution in [0.2, 0.25) is 0 Å². The number of rotatable bonds is 9. The molecule has 0 bridgehead atoms. The van der Waals surface area contributed by atoms with Gasteiger partial charge in [-0.15, -0.1) is 0 Å². The van der Waals surface area contributed by atoms with E-state index in [0.29, 0.717) is 45.0 Å². The Morgan fingerprint density at radius 3 is 2.19 bits per heavy atom. The Hall–Kier alpha value is -5.49. The number of azide groups is 1. The van der Waals surface area contributed by atoms with E-state index in [9.17, 15) is 13.6 Å². The van der Waals surface area contributed by atoms with Crippen molar-refractivity contribution in [2.75, 3.05) is 23.8 Å². The second kappa shape index (κ2) is 12.4. The lowest BCUT2D eigenvalue weighted by atomic mass is 10.0. The molecule has 0 radical (unpaired) electrons. The topological polar surface area (TPSA) is 165 Å². The van der Waals surface area contributed by atoms with Crippen LogP contribution < -0.4 is 19.1 Å². The van der Waals surface area contributed by atoms with Gasteiger partial charge in [0.15, 0.2) is 11.6 Å². The Bertz CT molecular complexity index is 1840. The Morgan fingerprint density at radius 1 is 0.905 bits per heavy atom. The van der Waals surface area contributed by atoms with E-state index in [0.717, 1.165) is 4.31 Å². The van der Waals surface area contributed by atoms with Crippen LogP contribution in [-0.4, -0.2) is 38.9 Å². The maximum absolute atomic E-state index is 12.8. The van der Waals surface area contributed by atoms with Crippen molar-refractivity contribution in [1.29, 1.82) is 0 Å². The Morgan fingerprint density at radius 2 is 1.57 bits per heavy atom. The number of ether oxygens (including phenoxy) is 2. The lowest BCUT2D eigenvalue weighted by molar-refractivity contribution is 0.100. The zero-order valence-electron chi connectivity index (χ0n) is 22.3. The number of methoxy groups -OCH3 is 2. The number of anilines is 4. The summed E-state index contributed by atoms with van der Waals surface area (Å²) in [4.78, 5) is 23.8. The van der Waals surface area contributed by atoms with Crippen LogP contribution in [0.15, 0.2) is 96.1 Å². The van der Waals surface area contributed by atoms with Crippen molar-refractivity contribution in [2.24, 2.45) is 5.11 Å². The molecule has 12 nitrogen and oxygen atoms in total. The standard InChI is InChI=1S/C29H23N7O5S/c1-40-23-15-21(16-24(17-23)41-2)31-27-28(33-26-9-4-3-8-25(26)32-27)36(42(38)39)22-7-5-6-20(14-22)18-10-12-19(13-11-18)29(37)34-35-30/h3-17H,1-2H3,(H,31,32)(H,38,39)/p-1. The van der Waals surface area contributed by atoms with E-state index in [-0.39, 0.29) is 17.2 Å². The molecular formula is C29H22N7O5S-. The highest BCUT2D eigenvalue weighted by atomic mass is 32.2. The van der Waals surface area contributed by atoms with Gasteiger partial charge in [-0.3, -0.25) is 13.3 Å². The fourth-order valence-corrected chi connectivity index (χ4v) is 4.78. The van der Waals surface area contributed by atoms with Crippen LogP contribution in [0.5, 0.6) is 11.5 Å². The van der Waals surface area contributed by atoms with Crippen LogP contribution in [0.4, 0.5) is 23.0 Å². The first kappa shape index (κ1) is 28.1. The Kier molecular flexibility index (Phi) is 8.25. The first-order valence-electron chi connectivity index (χ1n) is 12.4. The fraction of sp³-hybridized carbons (Fsp3) is 0.0690. The maximum Gasteiger partial charge on any atom is 0.249 e. The molecule has 1 heterocycles. The summed E-state index contributed by atoms with van der Waals surface area (Å²) in [7, 11) is 3.06. The van der Waals surface area contributed by atoms with Gasteiger partial charge in [-0.05, 0) is 46.0 Å². The number of nitrogens with one attached hydrogen (secondary N) is 1. The molecule has 0 saturated heterocycles. The van der Waals surface area contributed by atoms with E-state index < -0.39 is 17.2 Å². The molecule has 0 fully saturated rings. The zero-order chi connectivity index (χ0) is 29.6. The van der Waals surface area contributed by atoms with Crippen molar-refractivity contribution in [1.82, 2.24) is 9.97 Å². The molecule has 0 saturated carbocycles. The fourth-order valence-electron chi connectivity index (χ4n) is 4.23. The highest BCUT2D eigenvalue weighted by molar-refractivity contribution is 7.81. The van der Waals surface area contributed by atoms with Crippen molar-refractivity contribution in [2.45, 2.75) is 0 Å². The molecule has 0 aliphatic rings. The third kappa shape index (κ3) is 5.98. The normalized spacial score (nSPS) is 11.3. The van der Waals surface area contributed by atoms with Gasteiger partial charge in [0.25, 0.3) is 0 Å². The summed E-state index contributed by atoms with van der Waals surface area (Å²) >= 11 is -2.81. The molecule has 1 unspecified atom stereocenters. The third-order valence-electron chi connectivity index (χ3n) is 6.19. The molecule has 0 aliphatic carbocycles. The quantitative estimate of drug-likeness (QED) is 0.0900. The number of nitrogens with zero attached hydrogens (tertiary/aromatic N) is 6. The van der Waals surface area contributed by atoms with Gasteiger partial charge >= 0.3 is 0 Å². The predicted octanol–water partition coefficient (Wildman–Crippen LogP) is 6.44. The molecule has 0 aliphatic heterocycles. The van der Waals surface area contributed by atoms with Crippen molar-refractivity contribution in [3.63, 3.8) is 0 Å². The average Bonchev–Trinajstić information content (AvgIpc) is 3.01. The maximum atomic E-state index is 12.8. The first-order valence-corrected chi connectivity index (χ1v) is 13.4. The van der Waals surface area contributed by atoms with Gasteiger partial charge in [0.1, 0.15) is 11.5 Å². The third-order valence-corrected chi connectivity index (χ3v) is 6.87. The average molecular weight is 581 g/mol. The number of hydrogen-bond donors (Lipinski definition) is 1. The minimum Gasteiger partial charge on any atom is -0.755 e. The number of para-hydroxylation sites is 2. The van der Waals surface area contributed by atoms with Gasteiger partial charge in [0.2, 0.25) is 5.91 Å². The van der Waals surface area contributed by atoms with Crippen molar-refractivity contribution in [3.05, 3.63) is 107 Å². The second-order valence-electron chi connectivity index (χ2n) is 8.74. The van der Waals surface area contributed by atoms with Gasteiger partial charge in [-0.25, -0.2) is 9.97 Å². The Balaban J connectivity index is 1.60. The van der Waals surface area contributed by atoms with Gasteiger partial charge < -0.3 is 19.3 Å². The summed E-state index contributed by atoms with van der Waals surface area (Å²) in [5, 5.41) is 6.28. The highest BCUT2D eigenvalue weighted by Gasteiger charge is 2.20. The number of amides is 1. The molecular weight excluding hydrogens is 558 g/mol. The summed E-state index contributed by atoms with van der Waals surface area (Å²) < 4.78 is 37.4. The Labute approximate surface area is 242 Å². The van der Waals surface area contributed by atoms with E-state index in [1.807, 2.05) is 6.07 Å². The zero-order valence-corrected chi connectivity index (χ0v) is 23.1. The summed E-state index contributed by atoms with van der Waals surface area (Å²) in [6.45, 7) is 0.